The number of hydrogen-bond acceptors (Lipinski definition) is 6. The van der Waals surface area contributed by atoms with Crippen LogP contribution >= 0.6 is 11.6 Å². The standard InChI is InChI=1S/C16H16ClN5O3S/c1-26(24,25)21-8-6-20(7-9-21)14-10-15(17)19-22(16(14)23)13-4-2-12(11-18)3-5-13/h2-5,10H,6-9H2,1H3. The van der Waals surface area contributed by atoms with Gasteiger partial charge in [0.2, 0.25) is 10.0 Å². The zero-order chi connectivity index (χ0) is 18.9. The highest BCUT2D eigenvalue weighted by atomic mass is 35.5. The minimum Gasteiger partial charge on any atom is -0.364 e. The van der Waals surface area contributed by atoms with Gasteiger partial charge in [-0.25, -0.2) is 8.42 Å². The summed E-state index contributed by atoms with van der Waals surface area (Å²) in [5.74, 6) is 0. The van der Waals surface area contributed by atoms with Crippen molar-refractivity contribution in [3.63, 3.8) is 0 Å². The summed E-state index contributed by atoms with van der Waals surface area (Å²) < 4.78 is 25.8. The zero-order valence-corrected chi connectivity index (χ0v) is 15.5. The van der Waals surface area contributed by atoms with Crippen LogP contribution < -0.4 is 10.5 Å². The van der Waals surface area contributed by atoms with Crippen LogP contribution in [0.3, 0.4) is 0 Å². The normalized spacial score (nSPS) is 15.7. The first kappa shape index (κ1) is 18.4. The first-order chi connectivity index (χ1) is 12.3. The SMILES string of the molecule is CS(=O)(=O)N1CCN(c2cc(Cl)nn(-c3ccc(C#N)cc3)c2=O)CC1. The number of anilines is 1. The minimum atomic E-state index is -3.25. The number of benzene rings is 1. The second kappa shape index (κ2) is 7.07. The van der Waals surface area contributed by atoms with Crippen molar-refractivity contribution >= 4 is 27.3 Å². The molecule has 1 aliphatic rings. The summed E-state index contributed by atoms with van der Waals surface area (Å²) in [5.41, 5.74) is 0.975. The average Bonchev–Trinajstić information content (AvgIpc) is 2.63. The van der Waals surface area contributed by atoms with Crippen LogP contribution in [0.5, 0.6) is 0 Å². The van der Waals surface area contributed by atoms with Gasteiger partial charge in [0.1, 0.15) is 5.69 Å². The number of halogens is 1. The molecule has 10 heteroatoms. The Bertz CT molecular complexity index is 1020. The first-order valence-corrected chi connectivity index (χ1v) is 10.0. The van der Waals surface area contributed by atoms with Gasteiger partial charge in [-0.05, 0) is 24.3 Å². The smallest absolute Gasteiger partial charge is 0.295 e. The molecule has 0 spiro atoms. The van der Waals surface area contributed by atoms with E-state index in [0.29, 0.717) is 43.1 Å². The van der Waals surface area contributed by atoms with E-state index in [4.69, 9.17) is 16.9 Å². The highest BCUT2D eigenvalue weighted by Crippen LogP contribution is 2.18. The van der Waals surface area contributed by atoms with E-state index in [2.05, 4.69) is 5.10 Å². The molecule has 8 nitrogen and oxygen atoms in total. The Morgan fingerprint density at radius 2 is 1.77 bits per heavy atom. The summed E-state index contributed by atoms with van der Waals surface area (Å²) in [6.45, 7) is 1.37. The molecular formula is C16H16ClN5O3S. The van der Waals surface area contributed by atoms with Gasteiger partial charge in [-0.3, -0.25) is 4.79 Å². The van der Waals surface area contributed by atoms with Crippen molar-refractivity contribution in [1.82, 2.24) is 14.1 Å². The third kappa shape index (κ3) is 3.72. The average molecular weight is 394 g/mol. The lowest BCUT2D eigenvalue weighted by Gasteiger charge is -2.34. The molecule has 136 valence electrons. The Balaban J connectivity index is 1.93. The van der Waals surface area contributed by atoms with Crippen LogP contribution in [0, 0.1) is 11.3 Å². The van der Waals surface area contributed by atoms with Crippen LogP contribution in [0.15, 0.2) is 35.1 Å². The lowest BCUT2D eigenvalue weighted by Crippen LogP contribution is -2.50. The maximum Gasteiger partial charge on any atom is 0.295 e. The predicted molar refractivity (Wildman–Crippen MR) is 98.2 cm³/mol. The number of piperazine rings is 1. The molecule has 0 radical (unpaired) electrons. The van der Waals surface area contributed by atoms with Gasteiger partial charge in [-0.15, -0.1) is 0 Å². The van der Waals surface area contributed by atoms with Gasteiger partial charge >= 0.3 is 0 Å². The molecular weight excluding hydrogens is 378 g/mol. The highest BCUT2D eigenvalue weighted by Gasteiger charge is 2.25. The van der Waals surface area contributed by atoms with E-state index in [9.17, 15) is 13.2 Å². The van der Waals surface area contributed by atoms with E-state index in [1.165, 1.54) is 21.3 Å². The molecule has 0 bridgehead atoms. The zero-order valence-electron chi connectivity index (χ0n) is 14.0. The largest absolute Gasteiger partial charge is 0.364 e. The fraction of sp³-hybridized carbons (Fsp3) is 0.312. The van der Waals surface area contributed by atoms with E-state index < -0.39 is 10.0 Å². The van der Waals surface area contributed by atoms with Crippen molar-refractivity contribution in [2.24, 2.45) is 0 Å². The van der Waals surface area contributed by atoms with Gasteiger partial charge in [0.05, 0.1) is 23.6 Å². The summed E-state index contributed by atoms with van der Waals surface area (Å²) in [6, 6.07) is 9.93. The van der Waals surface area contributed by atoms with Crippen molar-refractivity contribution in [3.8, 4) is 11.8 Å². The molecule has 0 saturated carbocycles. The number of nitrogens with zero attached hydrogens (tertiary/aromatic N) is 5. The second-order valence-electron chi connectivity index (χ2n) is 5.88. The highest BCUT2D eigenvalue weighted by molar-refractivity contribution is 7.88. The van der Waals surface area contributed by atoms with Crippen LogP contribution in [-0.4, -0.2) is 54.9 Å². The third-order valence-electron chi connectivity index (χ3n) is 4.15. The topological polar surface area (TPSA) is 99.3 Å². The Labute approximate surface area is 155 Å². The van der Waals surface area contributed by atoms with Crippen LogP contribution in [-0.2, 0) is 10.0 Å². The molecule has 0 aliphatic carbocycles. The van der Waals surface area contributed by atoms with Crippen molar-refractivity contribution in [2.45, 2.75) is 0 Å². The molecule has 0 amide bonds. The quantitative estimate of drug-likeness (QED) is 0.766. The Kier molecular flexibility index (Phi) is 5.00. The van der Waals surface area contributed by atoms with E-state index in [-0.39, 0.29) is 10.7 Å². The third-order valence-corrected chi connectivity index (χ3v) is 5.64. The monoisotopic (exact) mass is 393 g/mol. The van der Waals surface area contributed by atoms with E-state index in [0.717, 1.165) is 0 Å². The number of sulfonamides is 1. The fourth-order valence-electron chi connectivity index (χ4n) is 2.79. The van der Waals surface area contributed by atoms with Crippen molar-refractivity contribution in [3.05, 3.63) is 51.4 Å². The van der Waals surface area contributed by atoms with Gasteiger partial charge in [0.15, 0.2) is 5.15 Å². The minimum absolute atomic E-state index is 0.148. The summed E-state index contributed by atoms with van der Waals surface area (Å²) >= 11 is 6.09. The molecule has 0 atom stereocenters. The lowest BCUT2D eigenvalue weighted by atomic mass is 10.2. The molecule has 1 aromatic carbocycles. The molecule has 2 aromatic rings. The number of hydrogen-bond donors (Lipinski definition) is 0. The van der Waals surface area contributed by atoms with E-state index >= 15 is 0 Å². The molecule has 26 heavy (non-hydrogen) atoms. The van der Waals surface area contributed by atoms with Gasteiger partial charge in [-0.1, -0.05) is 11.6 Å². The molecule has 1 aliphatic heterocycles. The molecule has 1 aromatic heterocycles. The Morgan fingerprint density at radius 1 is 1.15 bits per heavy atom. The molecule has 2 heterocycles. The summed E-state index contributed by atoms with van der Waals surface area (Å²) in [6.07, 6.45) is 1.17. The number of rotatable bonds is 3. The Hall–Kier alpha value is -2.41. The van der Waals surface area contributed by atoms with Gasteiger partial charge in [-0.2, -0.15) is 19.3 Å². The molecule has 1 fully saturated rings. The summed E-state index contributed by atoms with van der Waals surface area (Å²) in [7, 11) is -3.25. The van der Waals surface area contributed by atoms with Crippen LogP contribution in [0.1, 0.15) is 5.56 Å². The molecule has 3 rings (SSSR count). The predicted octanol–water partition coefficient (Wildman–Crippen LogP) is 0.839. The van der Waals surface area contributed by atoms with Gasteiger partial charge < -0.3 is 4.90 Å². The number of aromatic nitrogens is 2. The van der Waals surface area contributed by atoms with Crippen molar-refractivity contribution in [2.75, 3.05) is 37.3 Å². The van der Waals surface area contributed by atoms with E-state index in [1.807, 2.05) is 6.07 Å². The van der Waals surface area contributed by atoms with Crippen LogP contribution in [0.25, 0.3) is 5.69 Å². The van der Waals surface area contributed by atoms with Gasteiger partial charge in [0, 0.05) is 32.2 Å². The Morgan fingerprint density at radius 3 is 2.31 bits per heavy atom. The molecule has 0 unspecified atom stereocenters. The first-order valence-electron chi connectivity index (χ1n) is 7.80. The molecule has 1 saturated heterocycles. The van der Waals surface area contributed by atoms with E-state index in [1.54, 1.807) is 29.2 Å². The lowest BCUT2D eigenvalue weighted by molar-refractivity contribution is 0.387. The summed E-state index contributed by atoms with van der Waals surface area (Å²) in [5, 5.41) is 13.1. The maximum absolute atomic E-state index is 12.9. The molecule has 0 N–H and O–H groups in total. The maximum atomic E-state index is 12.9. The van der Waals surface area contributed by atoms with Gasteiger partial charge in [0.25, 0.3) is 5.56 Å². The van der Waals surface area contributed by atoms with Crippen molar-refractivity contribution in [1.29, 1.82) is 5.26 Å². The van der Waals surface area contributed by atoms with Crippen molar-refractivity contribution < 1.29 is 8.42 Å². The van der Waals surface area contributed by atoms with Crippen LogP contribution in [0.4, 0.5) is 5.69 Å². The van der Waals surface area contributed by atoms with Crippen LogP contribution in [0.2, 0.25) is 5.15 Å². The fourth-order valence-corrected chi connectivity index (χ4v) is 3.80. The summed E-state index contributed by atoms with van der Waals surface area (Å²) in [4.78, 5) is 14.7. The second-order valence-corrected chi connectivity index (χ2v) is 8.25. The number of nitriles is 1.